The number of nitrogens with one attached hydrogen (secondary N) is 1. The van der Waals surface area contributed by atoms with Crippen molar-refractivity contribution >= 4 is 0 Å². The van der Waals surface area contributed by atoms with Crippen molar-refractivity contribution in [3.63, 3.8) is 0 Å². The summed E-state index contributed by atoms with van der Waals surface area (Å²) in [6, 6.07) is 0. The summed E-state index contributed by atoms with van der Waals surface area (Å²) in [6.07, 6.45) is 3.74. The molecule has 2 heteroatoms. The fourth-order valence-electron chi connectivity index (χ4n) is 2.34. The van der Waals surface area contributed by atoms with Crippen LogP contribution in [0.25, 0.3) is 0 Å². The molecular weight excluding hydrogens is 160 g/mol. The van der Waals surface area contributed by atoms with Crippen molar-refractivity contribution < 1.29 is 0 Å². The Morgan fingerprint density at radius 2 is 2.15 bits per heavy atom. The first-order chi connectivity index (χ1) is 6.24. The zero-order valence-corrected chi connectivity index (χ0v) is 8.48. The molecule has 0 bridgehead atoms. The number of nitrogens with two attached hydrogens (primary N) is 1. The Bertz CT molecular complexity index is 310. The molecular formula is C11H18N2. The highest BCUT2D eigenvalue weighted by molar-refractivity contribution is 5.41. The molecule has 0 atom stereocenters. The lowest BCUT2D eigenvalue weighted by molar-refractivity contribution is 0.786. The largest absolute Gasteiger partial charge is 0.362 e. The van der Waals surface area contributed by atoms with Crippen LogP contribution < -0.4 is 5.73 Å². The van der Waals surface area contributed by atoms with Gasteiger partial charge in [-0.05, 0) is 36.3 Å². The molecule has 0 saturated carbocycles. The van der Waals surface area contributed by atoms with E-state index in [2.05, 4.69) is 18.8 Å². The van der Waals surface area contributed by atoms with Gasteiger partial charge in [0.1, 0.15) is 0 Å². The van der Waals surface area contributed by atoms with Crippen molar-refractivity contribution in [3.8, 4) is 0 Å². The van der Waals surface area contributed by atoms with E-state index in [0.29, 0.717) is 12.5 Å². The van der Waals surface area contributed by atoms with Gasteiger partial charge in [-0.15, -0.1) is 0 Å². The summed E-state index contributed by atoms with van der Waals surface area (Å²) in [7, 11) is 0. The lowest BCUT2D eigenvalue weighted by Gasteiger charge is -2.06. The zero-order chi connectivity index (χ0) is 9.42. The molecule has 2 rings (SSSR count). The average Bonchev–Trinajstić information content (AvgIpc) is 2.60. The van der Waals surface area contributed by atoms with Crippen LogP contribution >= 0.6 is 0 Å². The van der Waals surface area contributed by atoms with Gasteiger partial charge >= 0.3 is 0 Å². The van der Waals surface area contributed by atoms with Gasteiger partial charge < -0.3 is 10.7 Å². The smallest absolute Gasteiger partial charge is 0.0223 e. The summed E-state index contributed by atoms with van der Waals surface area (Å²) >= 11 is 0. The quantitative estimate of drug-likeness (QED) is 0.715. The Morgan fingerprint density at radius 1 is 1.38 bits per heavy atom. The molecule has 1 aliphatic carbocycles. The van der Waals surface area contributed by atoms with Crippen molar-refractivity contribution in [1.29, 1.82) is 0 Å². The predicted octanol–water partition coefficient (Wildman–Crippen LogP) is 2.09. The van der Waals surface area contributed by atoms with E-state index < -0.39 is 0 Å². The molecule has 3 N–H and O–H groups in total. The first-order valence-electron chi connectivity index (χ1n) is 5.16. The number of aromatic nitrogens is 1. The van der Waals surface area contributed by atoms with Gasteiger partial charge in [-0.2, -0.15) is 0 Å². The van der Waals surface area contributed by atoms with Crippen LogP contribution in [0.1, 0.15) is 48.7 Å². The highest BCUT2D eigenvalue weighted by Gasteiger charge is 2.21. The normalized spacial score (nSPS) is 15.4. The zero-order valence-electron chi connectivity index (χ0n) is 8.48. The molecule has 0 fully saturated rings. The van der Waals surface area contributed by atoms with Gasteiger partial charge in [0.2, 0.25) is 0 Å². The maximum absolute atomic E-state index is 5.79. The second kappa shape index (κ2) is 3.18. The summed E-state index contributed by atoms with van der Waals surface area (Å²) in [5.41, 5.74) is 11.5. The SMILES string of the molecule is CC(C)c1[nH]c2c(c1CN)CCC2. The Morgan fingerprint density at radius 3 is 2.77 bits per heavy atom. The summed E-state index contributed by atoms with van der Waals surface area (Å²) in [5, 5.41) is 0. The number of fused-ring (bicyclic) bond motifs is 1. The Balaban J connectivity index is 2.47. The minimum atomic E-state index is 0.573. The standard InChI is InChI=1S/C11H18N2/c1-7(2)11-9(6-12)8-4-3-5-10(8)13-11/h7,13H,3-6,12H2,1-2H3. The minimum Gasteiger partial charge on any atom is -0.362 e. The molecule has 1 aliphatic rings. The van der Waals surface area contributed by atoms with Crippen LogP contribution in [0.5, 0.6) is 0 Å². The molecule has 1 aromatic rings. The van der Waals surface area contributed by atoms with Gasteiger partial charge in [-0.25, -0.2) is 0 Å². The summed E-state index contributed by atoms with van der Waals surface area (Å²) < 4.78 is 0. The third-order valence-electron chi connectivity index (χ3n) is 2.97. The van der Waals surface area contributed by atoms with E-state index in [4.69, 9.17) is 5.73 Å². The van der Waals surface area contributed by atoms with Crippen LogP contribution in [0, 0.1) is 0 Å². The van der Waals surface area contributed by atoms with E-state index in [1.165, 1.54) is 41.8 Å². The van der Waals surface area contributed by atoms with Gasteiger partial charge in [0.15, 0.2) is 0 Å². The number of aromatic amines is 1. The van der Waals surface area contributed by atoms with Gasteiger partial charge in [0.05, 0.1) is 0 Å². The highest BCUT2D eigenvalue weighted by atomic mass is 14.8. The van der Waals surface area contributed by atoms with E-state index in [9.17, 15) is 0 Å². The third kappa shape index (κ3) is 1.29. The highest BCUT2D eigenvalue weighted by Crippen LogP contribution is 2.30. The molecule has 0 amide bonds. The fourth-order valence-corrected chi connectivity index (χ4v) is 2.34. The Kier molecular flexibility index (Phi) is 2.16. The molecule has 1 heterocycles. The first-order valence-corrected chi connectivity index (χ1v) is 5.16. The molecule has 2 nitrogen and oxygen atoms in total. The number of hydrogen-bond acceptors (Lipinski definition) is 1. The molecule has 1 aromatic heterocycles. The topological polar surface area (TPSA) is 41.8 Å². The number of aryl methyl sites for hydroxylation is 1. The number of hydrogen-bond donors (Lipinski definition) is 2. The van der Waals surface area contributed by atoms with Crippen molar-refractivity contribution in [2.45, 2.75) is 45.6 Å². The second-order valence-electron chi connectivity index (χ2n) is 4.19. The molecule has 0 unspecified atom stereocenters. The first kappa shape index (κ1) is 8.82. The second-order valence-corrected chi connectivity index (χ2v) is 4.19. The van der Waals surface area contributed by atoms with Crippen LogP contribution in [-0.2, 0) is 19.4 Å². The molecule has 0 radical (unpaired) electrons. The van der Waals surface area contributed by atoms with Gasteiger partial charge in [-0.1, -0.05) is 13.8 Å². The Labute approximate surface area is 79.5 Å². The Hall–Kier alpha value is -0.760. The summed E-state index contributed by atoms with van der Waals surface area (Å²) in [4.78, 5) is 3.53. The maximum Gasteiger partial charge on any atom is 0.0223 e. The fraction of sp³-hybridized carbons (Fsp3) is 0.636. The van der Waals surface area contributed by atoms with E-state index >= 15 is 0 Å². The molecule has 13 heavy (non-hydrogen) atoms. The molecule has 0 saturated heterocycles. The maximum atomic E-state index is 5.79. The van der Waals surface area contributed by atoms with Crippen molar-refractivity contribution in [2.24, 2.45) is 5.73 Å². The predicted molar refractivity (Wildman–Crippen MR) is 54.8 cm³/mol. The van der Waals surface area contributed by atoms with E-state index in [1.54, 1.807) is 0 Å². The summed E-state index contributed by atoms with van der Waals surface area (Å²) in [6.45, 7) is 5.14. The average molecular weight is 178 g/mol. The summed E-state index contributed by atoms with van der Waals surface area (Å²) in [5.74, 6) is 0.573. The van der Waals surface area contributed by atoms with E-state index in [0.717, 1.165) is 0 Å². The number of rotatable bonds is 2. The van der Waals surface area contributed by atoms with Crippen LogP contribution in [0.4, 0.5) is 0 Å². The van der Waals surface area contributed by atoms with Crippen LogP contribution in [0.15, 0.2) is 0 Å². The minimum absolute atomic E-state index is 0.573. The van der Waals surface area contributed by atoms with Crippen molar-refractivity contribution in [1.82, 2.24) is 4.98 Å². The van der Waals surface area contributed by atoms with Gasteiger partial charge in [0.25, 0.3) is 0 Å². The van der Waals surface area contributed by atoms with E-state index in [-0.39, 0.29) is 0 Å². The molecule has 72 valence electrons. The van der Waals surface area contributed by atoms with Crippen molar-refractivity contribution in [3.05, 3.63) is 22.5 Å². The monoisotopic (exact) mass is 178 g/mol. The van der Waals surface area contributed by atoms with Crippen LogP contribution in [-0.4, -0.2) is 4.98 Å². The van der Waals surface area contributed by atoms with Gasteiger partial charge in [-0.3, -0.25) is 0 Å². The third-order valence-corrected chi connectivity index (χ3v) is 2.97. The lowest BCUT2D eigenvalue weighted by Crippen LogP contribution is -2.03. The molecule has 0 aromatic carbocycles. The van der Waals surface area contributed by atoms with Crippen LogP contribution in [0.2, 0.25) is 0 Å². The lowest BCUT2D eigenvalue weighted by atomic mass is 10.0. The van der Waals surface area contributed by atoms with Crippen molar-refractivity contribution in [2.75, 3.05) is 0 Å². The van der Waals surface area contributed by atoms with Crippen LogP contribution in [0.3, 0.4) is 0 Å². The van der Waals surface area contributed by atoms with E-state index in [1.807, 2.05) is 0 Å². The number of H-pyrrole nitrogens is 1. The molecule has 0 aliphatic heterocycles. The molecule has 0 spiro atoms. The van der Waals surface area contributed by atoms with Gasteiger partial charge in [0, 0.05) is 17.9 Å².